The Morgan fingerprint density at radius 3 is 2.54 bits per heavy atom. The van der Waals surface area contributed by atoms with Crippen molar-refractivity contribution in [3.63, 3.8) is 0 Å². The molecule has 0 atom stereocenters. The summed E-state index contributed by atoms with van der Waals surface area (Å²) in [4.78, 5) is 11.1. The van der Waals surface area contributed by atoms with Gasteiger partial charge in [-0.25, -0.2) is 0 Å². The van der Waals surface area contributed by atoms with Crippen LogP contribution in [0.4, 0.5) is 0 Å². The molecule has 0 bridgehead atoms. The van der Waals surface area contributed by atoms with Gasteiger partial charge in [-0.2, -0.15) is 11.8 Å². The third-order valence-corrected chi connectivity index (χ3v) is 3.69. The molecule has 0 aromatic heterocycles. The van der Waals surface area contributed by atoms with E-state index in [0.717, 1.165) is 0 Å². The van der Waals surface area contributed by atoms with Gasteiger partial charge in [-0.1, -0.05) is 0 Å². The van der Waals surface area contributed by atoms with E-state index in [9.17, 15) is 4.79 Å². The molecule has 1 heterocycles. The Labute approximate surface area is 81.8 Å². The van der Waals surface area contributed by atoms with Gasteiger partial charge in [0.15, 0.2) is 0 Å². The summed E-state index contributed by atoms with van der Waals surface area (Å²) in [5, 5.41) is 17.5. The molecule has 1 rings (SSSR count). The first kappa shape index (κ1) is 10.9. The van der Waals surface area contributed by atoms with E-state index in [-0.39, 0.29) is 12.4 Å². The zero-order valence-electron chi connectivity index (χ0n) is 7.52. The van der Waals surface area contributed by atoms with Crippen LogP contribution in [0, 0.1) is 0 Å². The van der Waals surface area contributed by atoms with Crippen LogP contribution >= 0.6 is 11.8 Å². The zero-order chi connectivity index (χ0) is 9.90. The van der Waals surface area contributed by atoms with Crippen molar-refractivity contribution in [3.8, 4) is 0 Å². The van der Waals surface area contributed by atoms with Crippen LogP contribution in [0.2, 0.25) is 5.31 Å². The second-order valence-corrected chi connectivity index (χ2v) is 4.20. The lowest BCUT2D eigenvalue weighted by Gasteiger charge is -2.39. The monoisotopic (exact) mass is 204 g/mol. The van der Waals surface area contributed by atoms with Gasteiger partial charge < -0.3 is 14.8 Å². The van der Waals surface area contributed by atoms with Crippen LogP contribution in [-0.2, 0) is 9.53 Å². The normalized spacial score (nSPS) is 19.0. The highest BCUT2D eigenvalue weighted by molar-refractivity contribution is 8.01. The van der Waals surface area contributed by atoms with Gasteiger partial charge >= 0.3 is 13.1 Å². The molecule has 1 aliphatic rings. The summed E-state index contributed by atoms with van der Waals surface area (Å²) in [6.45, 7) is 2.07. The maximum absolute atomic E-state index is 11.1. The minimum absolute atomic E-state index is 0.103. The number of thioether (sulfide) groups is 1. The van der Waals surface area contributed by atoms with Gasteiger partial charge in [0.05, 0.1) is 13.0 Å². The van der Waals surface area contributed by atoms with Crippen LogP contribution < -0.4 is 0 Å². The van der Waals surface area contributed by atoms with E-state index < -0.39 is 12.4 Å². The van der Waals surface area contributed by atoms with E-state index in [4.69, 9.17) is 14.8 Å². The van der Waals surface area contributed by atoms with Gasteiger partial charge in [-0.3, -0.25) is 4.79 Å². The molecule has 1 fully saturated rings. The molecule has 0 aromatic carbocycles. The van der Waals surface area contributed by atoms with Crippen molar-refractivity contribution in [1.29, 1.82) is 0 Å². The fourth-order valence-corrected chi connectivity index (χ4v) is 2.44. The SMILES string of the molecule is CCOC(=O)CC1(B(O)O)CSC1. The van der Waals surface area contributed by atoms with E-state index in [1.807, 2.05) is 0 Å². The van der Waals surface area contributed by atoms with Crippen LogP contribution in [0.25, 0.3) is 0 Å². The van der Waals surface area contributed by atoms with Crippen molar-refractivity contribution in [3.05, 3.63) is 0 Å². The number of ether oxygens (including phenoxy) is 1. The van der Waals surface area contributed by atoms with Crippen LogP contribution in [-0.4, -0.2) is 41.2 Å². The second-order valence-electron chi connectivity index (χ2n) is 3.21. The highest BCUT2D eigenvalue weighted by atomic mass is 32.2. The standard InChI is InChI=1S/C7H13BO4S/c1-2-12-6(9)3-7(8(10)11)4-13-5-7/h10-11H,2-5H2,1H3. The Kier molecular flexibility index (Phi) is 3.64. The number of hydrogen-bond donors (Lipinski definition) is 2. The van der Waals surface area contributed by atoms with E-state index in [1.165, 1.54) is 0 Å². The first-order valence-corrected chi connectivity index (χ1v) is 5.36. The fourth-order valence-electron chi connectivity index (χ4n) is 1.21. The molecule has 0 radical (unpaired) electrons. The fraction of sp³-hybridized carbons (Fsp3) is 0.857. The predicted molar refractivity (Wildman–Crippen MR) is 51.5 cm³/mol. The molecule has 0 amide bonds. The minimum Gasteiger partial charge on any atom is -0.466 e. The minimum atomic E-state index is -1.42. The molecule has 0 spiro atoms. The Bertz CT molecular complexity index is 193. The summed E-state index contributed by atoms with van der Waals surface area (Å²) in [7, 11) is -1.42. The van der Waals surface area contributed by atoms with E-state index in [0.29, 0.717) is 18.1 Å². The molecule has 0 aliphatic carbocycles. The van der Waals surface area contributed by atoms with Gasteiger partial charge in [0, 0.05) is 5.31 Å². The first-order valence-electron chi connectivity index (χ1n) is 4.20. The van der Waals surface area contributed by atoms with Gasteiger partial charge in [0.1, 0.15) is 0 Å². The topological polar surface area (TPSA) is 66.8 Å². The molecule has 6 heteroatoms. The Balaban J connectivity index is 2.44. The third kappa shape index (κ3) is 2.39. The van der Waals surface area contributed by atoms with E-state index >= 15 is 0 Å². The smallest absolute Gasteiger partial charge is 0.460 e. The quantitative estimate of drug-likeness (QED) is 0.494. The van der Waals surface area contributed by atoms with Crippen molar-refractivity contribution in [2.24, 2.45) is 0 Å². The van der Waals surface area contributed by atoms with Crippen LogP contribution in [0.15, 0.2) is 0 Å². The summed E-state index contributed by atoms with van der Waals surface area (Å²) in [6, 6.07) is 0. The summed E-state index contributed by atoms with van der Waals surface area (Å²) in [5.74, 6) is 0.878. The van der Waals surface area contributed by atoms with Crippen molar-refractivity contribution >= 4 is 24.8 Å². The van der Waals surface area contributed by atoms with E-state index in [2.05, 4.69) is 0 Å². The number of carbonyl (C=O) groups is 1. The van der Waals surface area contributed by atoms with Crippen molar-refractivity contribution < 1.29 is 19.6 Å². The lowest BCUT2D eigenvalue weighted by molar-refractivity contribution is -0.143. The van der Waals surface area contributed by atoms with Crippen molar-refractivity contribution in [2.75, 3.05) is 18.1 Å². The number of carbonyl (C=O) groups excluding carboxylic acids is 1. The lowest BCUT2D eigenvalue weighted by atomic mass is 9.58. The van der Waals surface area contributed by atoms with Crippen molar-refractivity contribution in [1.82, 2.24) is 0 Å². The molecule has 13 heavy (non-hydrogen) atoms. The summed E-state index contributed by atoms with van der Waals surface area (Å²) in [6.07, 6.45) is 0.103. The maximum Gasteiger partial charge on any atom is 0.460 e. The van der Waals surface area contributed by atoms with E-state index in [1.54, 1.807) is 18.7 Å². The van der Waals surface area contributed by atoms with Crippen LogP contribution in [0.5, 0.6) is 0 Å². The summed E-state index contributed by atoms with van der Waals surface area (Å²) in [5.41, 5.74) is 0. The largest absolute Gasteiger partial charge is 0.466 e. The Morgan fingerprint density at radius 2 is 2.23 bits per heavy atom. The molecule has 0 saturated carbocycles. The second kappa shape index (κ2) is 4.35. The molecule has 2 N–H and O–H groups in total. The molecular formula is C7H13BO4S. The summed E-state index contributed by atoms with van der Waals surface area (Å²) >= 11 is 1.60. The van der Waals surface area contributed by atoms with Crippen LogP contribution in [0.3, 0.4) is 0 Å². The molecule has 0 unspecified atom stereocenters. The van der Waals surface area contributed by atoms with Crippen LogP contribution in [0.1, 0.15) is 13.3 Å². The summed E-state index contributed by atoms with van der Waals surface area (Å²) < 4.78 is 4.75. The highest BCUT2D eigenvalue weighted by Gasteiger charge is 2.49. The average molecular weight is 204 g/mol. The van der Waals surface area contributed by atoms with Crippen molar-refractivity contribution in [2.45, 2.75) is 18.7 Å². The number of hydrogen-bond acceptors (Lipinski definition) is 5. The Morgan fingerprint density at radius 1 is 1.62 bits per heavy atom. The average Bonchev–Trinajstić information content (AvgIpc) is 1.96. The molecule has 1 aliphatic heterocycles. The predicted octanol–water partition coefficient (Wildman–Crippen LogP) is -0.100. The molecular weight excluding hydrogens is 191 g/mol. The number of rotatable bonds is 4. The van der Waals surface area contributed by atoms with Gasteiger partial charge in [-0.15, -0.1) is 0 Å². The van der Waals surface area contributed by atoms with Gasteiger partial charge in [0.25, 0.3) is 0 Å². The van der Waals surface area contributed by atoms with Gasteiger partial charge in [-0.05, 0) is 18.4 Å². The molecule has 1 saturated heterocycles. The maximum atomic E-state index is 11.1. The molecule has 0 aromatic rings. The first-order chi connectivity index (χ1) is 6.10. The number of esters is 1. The molecule has 74 valence electrons. The Hall–Kier alpha value is -0.195. The molecule has 4 nitrogen and oxygen atoms in total. The lowest BCUT2D eigenvalue weighted by Crippen LogP contribution is -2.45. The van der Waals surface area contributed by atoms with Gasteiger partial charge in [0.2, 0.25) is 0 Å². The third-order valence-electron chi connectivity index (χ3n) is 2.13. The zero-order valence-corrected chi connectivity index (χ0v) is 8.34. The highest BCUT2D eigenvalue weighted by Crippen LogP contribution is 2.48.